The molecule has 0 spiro atoms. The lowest BCUT2D eigenvalue weighted by Gasteiger charge is -2.26. The average molecular weight is 467 g/mol. The number of nitrogens with zero attached hydrogens (tertiary/aromatic N) is 3. The number of morpholine rings is 1. The van der Waals surface area contributed by atoms with Gasteiger partial charge in [0.1, 0.15) is 10.7 Å². The molecule has 1 aromatic heterocycles. The highest BCUT2D eigenvalue weighted by atomic mass is 32.2. The molecule has 0 saturated carbocycles. The number of ether oxygens (including phenoxy) is 1. The summed E-state index contributed by atoms with van der Waals surface area (Å²) in [6.45, 7) is 5.63. The van der Waals surface area contributed by atoms with Crippen molar-refractivity contribution in [3.63, 3.8) is 0 Å². The molecule has 1 aliphatic heterocycles. The second-order valence-corrected chi connectivity index (χ2v) is 9.94. The van der Waals surface area contributed by atoms with Crippen LogP contribution < -0.4 is 5.32 Å². The summed E-state index contributed by atoms with van der Waals surface area (Å²) >= 11 is 0. The van der Waals surface area contributed by atoms with E-state index in [4.69, 9.17) is 4.74 Å². The first-order valence-electron chi connectivity index (χ1n) is 11.2. The summed E-state index contributed by atoms with van der Waals surface area (Å²) in [5.41, 5.74) is 1.87. The number of sulfonamides is 1. The lowest BCUT2D eigenvalue weighted by atomic mass is 10.2. The fourth-order valence-electron chi connectivity index (χ4n) is 3.75. The molecule has 8 heteroatoms. The Morgan fingerprint density at radius 2 is 1.48 bits per heavy atom. The van der Waals surface area contributed by atoms with Gasteiger partial charge in [0.15, 0.2) is 0 Å². The van der Waals surface area contributed by atoms with Gasteiger partial charge in [-0.05, 0) is 23.3 Å². The van der Waals surface area contributed by atoms with Crippen molar-refractivity contribution in [2.75, 3.05) is 44.7 Å². The molecular formula is C25H30N4O3S. The van der Waals surface area contributed by atoms with Crippen LogP contribution in [0.4, 0.5) is 5.82 Å². The third-order valence-electron chi connectivity index (χ3n) is 5.62. The normalized spacial score (nSPS) is 14.9. The van der Waals surface area contributed by atoms with E-state index in [1.165, 1.54) is 10.5 Å². The molecule has 1 saturated heterocycles. The van der Waals surface area contributed by atoms with Crippen LogP contribution in [0, 0.1) is 0 Å². The van der Waals surface area contributed by atoms with Crippen molar-refractivity contribution in [1.29, 1.82) is 0 Å². The van der Waals surface area contributed by atoms with E-state index < -0.39 is 10.0 Å². The number of hydrogen-bond acceptors (Lipinski definition) is 6. The van der Waals surface area contributed by atoms with Crippen molar-refractivity contribution in [1.82, 2.24) is 14.2 Å². The number of hydrogen-bond donors (Lipinski definition) is 1. The van der Waals surface area contributed by atoms with E-state index in [0.717, 1.165) is 50.5 Å². The van der Waals surface area contributed by atoms with Crippen LogP contribution in [0.15, 0.2) is 83.9 Å². The van der Waals surface area contributed by atoms with Gasteiger partial charge in [0.25, 0.3) is 0 Å². The lowest BCUT2D eigenvalue weighted by Crippen LogP contribution is -2.39. The molecule has 2 aromatic carbocycles. The summed E-state index contributed by atoms with van der Waals surface area (Å²) in [6, 6.07) is 22.6. The molecule has 2 heterocycles. The van der Waals surface area contributed by atoms with Crippen molar-refractivity contribution >= 4 is 15.8 Å². The minimum Gasteiger partial charge on any atom is -0.379 e. The van der Waals surface area contributed by atoms with Gasteiger partial charge < -0.3 is 10.1 Å². The Morgan fingerprint density at radius 3 is 2.03 bits per heavy atom. The maximum atomic E-state index is 13.5. The standard InChI is InChI=1S/C25H30N4O3S/c30-33(31,24-11-12-25(27-19-24)26-13-14-28-15-17-32-18-16-28)29(20-22-7-3-1-4-8-22)21-23-9-5-2-6-10-23/h1-12,19H,13-18,20-21H2,(H,26,27). The van der Waals surface area contributed by atoms with E-state index in [2.05, 4.69) is 15.2 Å². The molecule has 0 unspecified atom stereocenters. The Kier molecular flexibility index (Phi) is 8.06. The highest BCUT2D eigenvalue weighted by Crippen LogP contribution is 2.21. The largest absolute Gasteiger partial charge is 0.379 e. The van der Waals surface area contributed by atoms with Gasteiger partial charge in [-0.1, -0.05) is 60.7 Å². The van der Waals surface area contributed by atoms with Gasteiger partial charge in [-0.25, -0.2) is 13.4 Å². The summed E-state index contributed by atoms with van der Waals surface area (Å²) in [4.78, 5) is 6.89. The van der Waals surface area contributed by atoms with E-state index in [-0.39, 0.29) is 18.0 Å². The Morgan fingerprint density at radius 1 is 0.879 bits per heavy atom. The Balaban J connectivity index is 1.45. The molecule has 174 valence electrons. The highest BCUT2D eigenvalue weighted by molar-refractivity contribution is 7.89. The van der Waals surface area contributed by atoms with Crippen LogP contribution in [-0.2, 0) is 27.8 Å². The van der Waals surface area contributed by atoms with Crippen LogP contribution in [0.2, 0.25) is 0 Å². The first-order valence-corrected chi connectivity index (χ1v) is 12.6. The summed E-state index contributed by atoms with van der Waals surface area (Å²) in [5.74, 6) is 0.667. The second-order valence-electron chi connectivity index (χ2n) is 8.00. The van der Waals surface area contributed by atoms with Crippen LogP contribution >= 0.6 is 0 Å². The molecule has 1 N–H and O–H groups in total. The lowest BCUT2D eigenvalue weighted by molar-refractivity contribution is 0.0398. The molecule has 4 rings (SSSR count). The molecule has 0 atom stereocenters. The maximum absolute atomic E-state index is 13.5. The zero-order chi connectivity index (χ0) is 22.9. The second kappa shape index (κ2) is 11.4. The van der Waals surface area contributed by atoms with E-state index in [0.29, 0.717) is 5.82 Å². The van der Waals surface area contributed by atoms with Gasteiger partial charge >= 0.3 is 0 Å². The summed E-state index contributed by atoms with van der Waals surface area (Å²) < 4.78 is 33.9. The maximum Gasteiger partial charge on any atom is 0.245 e. The summed E-state index contributed by atoms with van der Waals surface area (Å²) in [5, 5.41) is 3.28. The first kappa shape index (κ1) is 23.4. The van der Waals surface area contributed by atoms with Crippen LogP contribution in [-0.4, -0.2) is 62.0 Å². The van der Waals surface area contributed by atoms with Crippen molar-refractivity contribution in [2.45, 2.75) is 18.0 Å². The molecule has 1 fully saturated rings. The Bertz CT molecular complexity index is 1050. The SMILES string of the molecule is O=S(=O)(c1ccc(NCCN2CCOCC2)nc1)N(Cc1ccccc1)Cc1ccccc1. The van der Waals surface area contributed by atoms with E-state index >= 15 is 0 Å². The minimum atomic E-state index is -3.73. The van der Waals surface area contributed by atoms with Crippen LogP contribution in [0.1, 0.15) is 11.1 Å². The zero-order valence-electron chi connectivity index (χ0n) is 18.6. The molecular weight excluding hydrogens is 436 g/mol. The molecule has 1 aliphatic rings. The molecule has 0 bridgehead atoms. The third-order valence-corrected chi connectivity index (χ3v) is 7.39. The monoisotopic (exact) mass is 466 g/mol. The third kappa shape index (κ3) is 6.61. The van der Waals surface area contributed by atoms with Crippen molar-refractivity contribution in [2.24, 2.45) is 0 Å². The van der Waals surface area contributed by atoms with Gasteiger partial charge in [-0.3, -0.25) is 4.90 Å². The van der Waals surface area contributed by atoms with Gasteiger partial charge in [-0.15, -0.1) is 0 Å². The molecule has 33 heavy (non-hydrogen) atoms. The van der Waals surface area contributed by atoms with Gasteiger partial charge in [0, 0.05) is 45.5 Å². The fraction of sp³-hybridized carbons (Fsp3) is 0.320. The molecule has 3 aromatic rings. The predicted molar refractivity (Wildman–Crippen MR) is 129 cm³/mol. The molecule has 0 aliphatic carbocycles. The molecule has 0 amide bonds. The average Bonchev–Trinajstić information content (AvgIpc) is 2.86. The van der Waals surface area contributed by atoms with E-state index in [9.17, 15) is 8.42 Å². The van der Waals surface area contributed by atoms with Crippen molar-refractivity contribution in [3.8, 4) is 0 Å². The van der Waals surface area contributed by atoms with Crippen LogP contribution in [0.3, 0.4) is 0 Å². The van der Waals surface area contributed by atoms with Crippen LogP contribution in [0.5, 0.6) is 0 Å². The first-order chi connectivity index (χ1) is 16.1. The zero-order valence-corrected chi connectivity index (χ0v) is 19.5. The number of nitrogens with one attached hydrogen (secondary N) is 1. The van der Waals surface area contributed by atoms with Gasteiger partial charge in [-0.2, -0.15) is 4.31 Å². The number of rotatable bonds is 10. The molecule has 0 radical (unpaired) electrons. The number of anilines is 1. The topological polar surface area (TPSA) is 74.8 Å². The number of pyridine rings is 1. The van der Waals surface area contributed by atoms with Crippen molar-refractivity contribution < 1.29 is 13.2 Å². The van der Waals surface area contributed by atoms with Crippen molar-refractivity contribution in [3.05, 3.63) is 90.1 Å². The highest BCUT2D eigenvalue weighted by Gasteiger charge is 2.25. The fourth-order valence-corrected chi connectivity index (χ4v) is 5.12. The summed E-state index contributed by atoms with van der Waals surface area (Å²) in [7, 11) is -3.73. The summed E-state index contributed by atoms with van der Waals surface area (Å²) in [6.07, 6.45) is 1.44. The van der Waals surface area contributed by atoms with Gasteiger partial charge in [0.05, 0.1) is 13.2 Å². The molecule has 7 nitrogen and oxygen atoms in total. The van der Waals surface area contributed by atoms with E-state index in [1.807, 2.05) is 60.7 Å². The smallest absolute Gasteiger partial charge is 0.245 e. The van der Waals surface area contributed by atoms with Crippen LogP contribution in [0.25, 0.3) is 0 Å². The Hall–Kier alpha value is -2.78. The number of benzene rings is 2. The predicted octanol–water partition coefficient (Wildman–Crippen LogP) is 3.22. The quantitative estimate of drug-likeness (QED) is 0.495. The van der Waals surface area contributed by atoms with Gasteiger partial charge in [0.2, 0.25) is 10.0 Å². The Labute approximate surface area is 196 Å². The minimum absolute atomic E-state index is 0.188. The number of aromatic nitrogens is 1. The van der Waals surface area contributed by atoms with E-state index in [1.54, 1.807) is 12.1 Å².